The van der Waals surface area contributed by atoms with Crippen molar-refractivity contribution in [1.29, 1.82) is 0 Å². The molecule has 1 aliphatic heterocycles. The molecule has 2 amide bonds. The van der Waals surface area contributed by atoms with Gasteiger partial charge in [-0.05, 0) is 24.6 Å². The molecular weight excluding hydrogens is 273 g/mol. The summed E-state index contributed by atoms with van der Waals surface area (Å²) < 4.78 is 13.7. The van der Waals surface area contributed by atoms with Gasteiger partial charge in [-0.3, -0.25) is 9.59 Å². The van der Waals surface area contributed by atoms with E-state index in [0.717, 1.165) is 6.42 Å². The van der Waals surface area contributed by atoms with Gasteiger partial charge in [0.05, 0.1) is 18.7 Å². The van der Waals surface area contributed by atoms with Crippen molar-refractivity contribution in [3.8, 4) is 11.8 Å². The lowest BCUT2D eigenvalue weighted by Gasteiger charge is -2.15. The van der Waals surface area contributed by atoms with Gasteiger partial charge in [-0.25, -0.2) is 4.39 Å². The van der Waals surface area contributed by atoms with Gasteiger partial charge in [0.2, 0.25) is 11.8 Å². The first-order valence-corrected chi connectivity index (χ1v) is 6.66. The maximum atomic E-state index is 13.7. The lowest BCUT2D eigenvalue weighted by Crippen LogP contribution is -2.33. The van der Waals surface area contributed by atoms with Crippen LogP contribution < -0.4 is 11.1 Å². The van der Waals surface area contributed by atoms with E-state index in [1.807, 2.05) is 0 Å². The number of hydrogen-bond acceptors (Lipinski definition) is 3. The normalized spacial score (nSPS) is 13.8. The maximum Gasteiger partial charge on any atom is 0.243 e. The fourth-order valence-electron chi connectivity index (χ4n) is 2.09. The zero-order chi connectivity index (χ0) is 15.2. The Kier molecular flexibility index (Phi) is 4.90. The Morgan fingerprint density at radius 2 is 2.29 bits per heavy atom. The van der Waals surface area contributed by atoms with Crippen LogP contribution in [-0.4, -0.2) is 36.3 Å². The molecule has 2 rings (SSSR count). The number of rotatable bonds is 3. The number of nitrogens with zero attached hydrogens (tertiary/aromatic N) is 1. The van der Waals surface area contributed by atoms with Gasteiger partial charge in [0, 0.05) is 18.7 Å². The number of anilines is 1. The van der Waals surface area contributed by atoms with Crippen LogP contribution in [0.3, 0.4) is 0 Å². The van der Waals surface area contributed by atoms with Crippen LogP contribution in [0.5, 0.6) is 0 Å². The Hall–Kier alpha value is -2.39. The van der Waals surface area contributed by atoms with Crippen molar-refractivity contribution in [1.82, 2.24) is 4.90 Å². The second kappa shape index (κ2) is 6.86. The summed E-state index contributed by atoms with van der Waals surface area (Å²) in [5, 5.41) is 2.57. The molecular formula is C15H16FN3O2. The highest BCUT2D eigenvalue weighted by Crippen LogP contribution is 2.14. The molecule has 1 aliphatic rings. The highest BCUT2D eigenvalue weighted by molar-refractivity contribution is 5.94. The lowest BCUT2D eigenvalue weighted by molar-refractivity contribution is -0.131. The number of halogens is 1. The van der Waals surface area contributed by atoms with E-state index in [2.05, 4.69) is 17.2 Å². The van der Waals surface area contributed by atoms with Gasteiger partial charge in [0.1, 0.15) is 5.82 Å². The minimum absolute atomic E-state index is 0.00478. The zero-order valence-electron chi connectivity index (χ0n) is 11.5. The number of hydrogen-bond donors (Lipinski definition) is 2. The number of nitrogens with two attached hydrogens (primary N) is 1. The topological polar surface area (TPSA) is 75.4 Å². The molecule has 1 fully saturated rings. The molecule has 1 heterocycles. The number of nitrogens with one attached hydrogen (secondary N) is 1. The van der Waals surface area contributed by atoms with E-state index in [1.54, 1.807) is 6.07 Å². The van der Waals surface area contributed by atoms with Crippen molar-refractivity contribution in [3.05, 3.63) is 29.6 Å². The molecule has 0 atom stereocenters. The van der Waals surface area contributed by atoms with Crippen molar-refractivity contribution < 1.29 is 14.0 Å². The quantitative estimate of drug-likeness (QED) is 0.804. The van der Waals surface area contributed by atoms with E-state index in [9.17, 15) is 14.0 Å². The van der Waals surface area contributed by atoms with Crippen LogP contribution in [-0.2, 0) is 9.59 Å². The van der Waals surface area contributed by atoms with E-state index in [0.29, 0.717) is 18.7 Å². The number of amides is 2. The Bertz CT molecular complexity index is 619. The molecule has 0 aliphatic carbocycles. The average Bonchev–Trinajstić information content (AvgIpc) is 2.83. The number of likely N-dealkylation sites (tertiary alicyclic amines) is 1. The molecule has 0 saturated carbocycles. The van der Waals surface area contributed by atoms with Crippen LogP contribution in [0.4, 0.5) is 10.1 Å². The predicted molar refractivity (Wildman–Crippen MR) is 76.8 cm³/mol. The fourth-order valence-corrected chi connectivity index (χ4v) is 2.09. The second-order valence-electron chi connectivity index (χ2n) is 4.67. The van der Waals surface area contributed by atoms with Crippen LogP contribution >= 0.6 is 0 Å². The summed E-state index contributed by atoms with van der Waals surface area (Å²) in [5.41, 5.74) is 5.79. The standard InChI is InChI=1S/C15H16FN3O2/c16-13-9-12(6-5-11(13)3-1-7-17)18-14(20)10-19-8-2-4-15(19)21/h5-6,9H,2,4,7-8,10,17H2,(H,18,20). The largest absolute Gasteiger partial charge is 0.333 e. The molecule has 1 saturated heterocycles. The first kappa shape index (κ1) is 15.0. The maximum absolute atomic E-state index is 13.7. The summed E-state index contributed by atoms with van der Waals surface area (Å²) in [4.78, 5) is 24.7. The highest BCUT2D eigenvalue weighted by atomic mass is 19.1. The van der Waals surface area contributed by atoms with Gasteiger partial charge in [0.25, 0.3) is 0 Å². The van der Waals surface area contributed by atoms with Gasteiger partial charge in [-0.2, -0.15) is 0 Å². The SMILES string of the molecule is NCC#Cc1ccc(NC(=O)CN2CCCC2=O)cc1F. The minimum atomic E-state index is -0.522. The molecule has 0 unspecified atom stereocenters. The van der Waals surface area contributed by atoms with Gasteiger partial charge in [0.15, 0.2) is 0 Å². The van der Waals surface area contributed by atoms with Gasteiger partial charge in [-0.1, -0.05) is 11.8 Å². The first-order chi connectivity index (χ1) is 10.1. The molecule has 1 aromatic carbocycles. The molecule has 0 radical (unpaired) electrons. The van der Waals surface area contributed by atoms with E-state index in [-0.39, 0.29) is 30.5 Å². The van der Waals surface area contributed by atoms with Crippen LogP contribution in [0, 0.1) is 17.7 Å². The fraction of sp³-hybridized carbons (Fsp3) is 0.333. The monoisotopic (exact) mass is 289 g/mol. The Labute approximate surface area is 122 Å². The van der Waals surface area contributed by atoms with Crippen molar-refractivity contribution in [2.24, 2.45) is 5.73 Å². The van der Waals surface area contributed by atoms with Gasteiger partial charge < -0.3 is 16.0 Å². The predicted octanol–water partition coefficient (Wildman–Crippen LogP) is 0.697. The van der Waals surface area contributed by atoms with Crippen molar-refractivity contribution >= 4 is 17.5 Å². The number of benzene rings is 1. The minimum Gasteiger partial charge on any atom is -0.333 e. The Morgan fingerprint density at radius 3 is 2.90 bits per heavy atom. The third-order valence-electron chi connectivity index (χ3n) is 3.08. The van der Waals surface area contributed by atoms with Gasteiger partial charge in [-0.15, -0.1) is 0 Å². The molecule has 5 nitrogen and oxygen atoms in total. The molecule has 0 aromatic heterocycles. The smallest absolute Gasteiger partial charge is 0.243 e. The van der Waals surface area contributed by atoms with Crippen LogP contribution in [0.15, 0.2) is 18.2 Å². The molecule has 3 N–H and O–H groups in total. The Morgan fingerprint density at radius 1 is 1.48 bits per heavy atom. The van der Waals surface area contributed by atoms with Crippen LogP contribution in [0.2, 0.25) is 0 Å². The molecule has 0 spiro atoms. The van der Waals surface area contributed by atoms with Crippen molar-refractivity contribution in [2.75, 3.05) is 25.0 Å². The molecule has 21 heavy (non-hydrogen) atoms. The van der Waals surface area contributed by atoms with E-state index < -0.39 is 5.82 Å². The van der Waals surface area contributed by atoms with Crippen molar-refractivity contribution in [2.45, 2.75) is 12.8 Å². The summed E-state index contributed by atoms with van der Waals surface area (Å²) in [5.74, 6) is 4.28. The summed E-state index contributed by atoms with van der Waals surface area (Å²) in [6.07, 6.45) is 1.26. The number of carbonyl (C=O) groups is 2. The summed E-state index contributed by atoms with van der Waals surface area (Å²) in [6.45, 7) is 0.741. The van der Waals surface area contributed by atoms with E-state index in [1.165, 1.54) is 17.0 Å². The Balaban J connectivity index is 1.98. The second-order valence-corrected chi connectivity index (χ2v) is 4.67. The first-order valence-electron chi connectivity index (χ1n) is 6.66. The molecule has 1 aromatic rings. The third kappa shape index (κ3) is 4.04. The van der Waals surface area contributed by atoms with Crippen LogP contribution in [0.25, 0.3) is 0 Å². The van der Waals surface area contributed by atoms with Gasteiger partial charge >= 0.3 is 0 Å². The molecule has 0 bridgehead atoms. The summed E-state index contributed by atoms with van der Waals surface area (Å²) >= 11 is 0. The van der Waals surface area contributed by atoms with E-state index in [4.69, 9.17) is 5.73 Å². The molecule has 6 heteroatoms. The highest BCUT2D eigenvalue weighted by Gasteiger charge is 2.22. The third-order valence-corrected chi connectivity index (χ3v) is 3.08. The lowest BCUT2D eigenvalue weighted by atomic mass is 10.2. The zero-order valence-corrected chi connectivity index (χ0v) is 11.5. The van der Waals surface area contributed by atoms with Crippen molar-refractivity contribution in [3.63, 3.8) is 0 Å². The summed E-state index contributed by atoms with van der Waals surface area (Å²) in [6, 6.07) is 4.24. The number of carbonyl (C=O) groups excluding carboxylic acids is 2. The average molecular weight is 289 g/mol. The van der Waals surface area contributed by atoms with E-state index >= 15 is 0 Å². The van der Waals surface area contributed by atoms with Crippen LogP contribution in [0.1, 0.15) is 18.4 Å². The molecule has 110 valence electrons. The summed E-state index contributed by atoms with van der Waals surface area (Å²) in [7, 11) is 0.